The molecule has 0 aromatic heterocycles. The quantitative estimate of drug-likeness (QED) is 0.422. The van der Waals surface area contributed by atoms with Crippen molar-refractivity contribution in [2.45, 2.75) is 39.3 Å². The maximum Gasteiger partial charge on any atom is 0.261 e. The van der Waals surface area contributed by atoms with E-state index in [1.807, 2.05) is 85.8 Å². The minimum atomic E-state index is -0.692. The highest BCUT2D eigenvalue weighted by molar-refractivity contribution is 5.88. The van der Waals surface area contributed by atoms with Gasteiger partial charge >= 0.3 is 0 Å². The van der Waals surface area contributed by atoms with E-state index in [9.17, 15) is 9.59 Å². The predicted molar refractivity (Wildman–Crippen MR) is 137 cm³/mol. The van der Waals surface area contributed by atoms with Gasteiger partial charge in [0.1, 0.15) is 17.5 Å². The van der Waals surface area contributed by atoms with E-state index in [1.165, 1.54) is 5.56 Å². The first kappa shape index (κ1) is 25.8. The Morgan fingerprint density at radius 2 is 1.57 bits per heavy atom. The minimum absolute atomic E-state index is 0.167. The van der Waals surface area contributed by atoms with Crippen LogP contribution in [0.3, 0.4) is 0 Å². The van der Waals surface area contributed by atoms with Crippen LogP contribution in [0, 0.1) is 0 Å². The highest BCUT2D eigenvalue weighted by Gasteiger charge is 2.30. The zero-order valence-corrected chi connectivity index (χ0v) is 20.7. The number of hydrogen-bond acceptors (Lipinski definition) is 4. The highest BCUT2D eigenvalue weighted by atomic mass is 16.5. The van der Waals surface area contributed by atoms with Gasteiger partial charge in [0.25, 0.3) is 5.91 Å². The average Bonchev–Trinajstić information content (AvgIpc) is 2.90. The summed E-state index contributed by atoms with van der Waals surface area (Å²) in [5.74, 6) is 0.855. The monoisotopic (exact) mass is 474 g/mol. The topological polar surface area (TPSA) is 67.9 Å². The van der Waals surface area contributed by atoms with Gasteiger partial charge in [-0.25, -0.2) is 0 Å². The number of amides is 2. The predicted octanol–water partition coefficient (Wildman–Crippen LogP) is 4.41. The molecule has 0 aliphatic carbocycles. The van der Waals surface area contributed by atoms with Gasteiger partial charge in [-0.1, -0.05) is 61.5 Å². The van der Waals surface area contributed by atoms with Crippen molar-refractivity contribution in [1.82, 2.24) is 10.2 Å². The number of nitrogens with one attached hydrogen (secondary N) is 1. The molecule has 184 valence electrons. The lowest BCUT2D eigenvalue weighted by Gasteiger charge is -2.31. The number of rotatable bonds is 12. The van der Waals surface area contributed by atoms with Gasteiger partial charge in [0.05, 0.1) is 7.11 Å². The molecule has 1 atom stereocenters. The molecule has 0 heterocycles. The first-order valence-electron chi connectivity index (χ1n) is 12.0. The van der Waals surface area contributed by atoms with Gasteiger partial charge in [-0.05, 0) is 54.3 Å². The van der Waals surface area contributed by atoms with Gasteiger partial charge in [-0.2, -0.15) is 0 Å². The van der Waals surface area contributed by atoms with E-state index in [2.05, 4.69) is 12.2 Å². The summed E-state index contributed by atoms with van der Waals surface area (Å²) < 4.78 is 11.2. The van der Waals surface area contributed by atoms with Gasteiger partial charge in [0, 0.05) is 19.5 Å². The molecule has 3 aromatic rings. The maximum absolute atomic E-state index is 13.5. The highest BCUT2D eigenvalue weighted by Crippen LogP contribution is 2.19. The van der Waals surface area contributed by atoms with Gasteiger partial charge in [-0.15, -0.1) is 0 Å². The molecule has 35 heavy (non-hydrogen) atoms. The second-order valence-electron chi connectivity index (χ2n) is 8.26. The fourth-order valence-electron chi connectivity index (χ4n) is 3.86. The molecule has 6 heteroatoms. The standard InChI is InChI=1S/C29H34N2O4/c1-4-22-14-16-25(17-15-22)35-21-28(32)31(20-24-12-9-13-26(18-24)34-3)27(29(33)30-5-2)19-23-10-7-6-8-11-23/h6-18,27H,4-5,19-21H2,1-3H3,(H,30,33)/t27-/m1/s1. The van der Waals surface area contributed by atoms with E-state index in [0.717, 1.165) is 17.5 Å². The summed E-state index contributed by atoms with van der Waals surface area (Å²) in [4.78, 5) is 28.3. The van der Waals surface area contributed by atoms with Crippen LogP contribution in [0.5, 0.6) is 11.5 Å². The molecular formula is C29H34N2O4. The maximum atomic E-state index is 13.5. The molecule has 0 bridgehead atoms. The summed E-state index contributed by atoms with van der Waals surface area (Å²) in [5.41, 5.74) is 3.04. The molecule has 1 N–H and O–H groups in total. The Hall–Kier alpha value is -3.80. The van der Waals surface area contributed by atoms with Crippen LogP contribution in [0.4, 0.5) is 0 Å². The Kier molecular flexibility index (Phi) is 9.72. The van der Waals surface area contributed by atoms with Crippen LogP contribution in [-0.4, -0.2) is 43.0 Å². The van der Waals surface area contributed by atoms with E-state index in [-0.39, 0.29) is 25.0 Å². The lowest BCUT2D eigenvalue weighted by Crippen LogP contribution is -2.51. The largest absolute Gasteiger partial charge is 0.497 e. The van der Waals surface area contributed by atoms with Crippen molar-refractivity contribution in [2.24, 2.45) is 0 Å². The third-order valence-corrected chi connectivity index (χ3v) is 5.80. The van der Waals surface area contributed by atoms with Crippen molar-refractivity contribution in [3.63, 3.8) is 0 Å². The van der Waals surface area contributed by atoms with Crippen molar-refractivity contribution in [3.05, 3.63) is 95.6 Å². The van der Waals surface area contributed by atoms with Crippen LogP contribution < -0.4 is 14.8 Å². The molecule has 0 radical (unpaired) electrons. The summed E-state index contributed by atoms with van der Waals surface area (Å²) in [6.07, 6.45) is 1.33. The SMILES string of the molecule is CCNC(=O)[C@@H](Cc1ccccc1)N(Cc1cccc(OC)c1)C(=O)COc1ccc(CC)cc1. The van der Waals surface area contributed by atoms with Crippen molar-refractivity contribution in [3.8, 4) is 11.5 Å². The van der Waals surface area contributed by atoms with Crippen LogP contribution in [-0.2, 0) is 29.0 Å². The molecule has 3 rings (SSSR count). The Labute approximate surface area is 207 Å². The number of benzene rings is 3. The molecule has 0 saturated heterocycles. The molecule has 0 fully saturated rings. The van der Waals surface area contributed by atoms with Crippen LogP contribution in [0.25, 0.3) is 0 Å². The molecule has 0 spiro atoms. The van der Waals surface area contributed by atoms with E-state index < -0.39 is 6.04 Å². The Bertz CT molecular complexity index is 1080. The molecule has 0 aliphatic heterocycles. The average molecular weight is 475 g/mol. The molecule has 0 saturated carbocycles. The molecule has 0 aliphatic rings. The lowest BCUT2D eigenvalue weighted by atomic mass is 10.0. The number of aryl methyl sites for hydroxylation is 1. The summed E-state index contributed by atoms with van der Waals surface area (Å²) in [6, 6.07) is 24.3. The van der Waals surface area contributed by atoms with Crippen LogP contribution >= 0.6 is 0 Å². The van der Waals surface area contributed by atoms with Crippen LogP contribution in [0.15, 0.2) is 78.9 Å². The summed E-state index contributed by atoms with van der Waals surface area (Å²) >= 11 is 0. The van der Waals surface area contributed by atoms with Gasteiger partial charge in [-0.3, -0.25) is 9.59 Å². The fraction of sp³-hybridized carbons (Fsp3) is 0.310. The van der Waals surface area contributed by atoms with Crippen molar-refractivity contribution < 1.29 is 19.1 Å². The molecule has 3 aromatic carbocycles. The molecule has 0 unspecified atom stereocenters. The first-order valence-corrected chi connectivity index (χ1v) is 12.0. The molecular weight excluding hydrogens is 440 g/mol. The smallest absolute Gasteiger partial charge is 0.261 e. The minimum Gasteiger partial charge on any atom is -0.497 e. The third-order valence-electron chi connectivity index (χ3n) is 5.80. The van der Waals surface area contributed by atoms with Crippen LogP contribution in [0.2, 0.25) is 0 Å². The molecule has 2 amide bonds. The Morgan fingerprint density at radius 3 is 2.23 bits per heavy atom. The summed E-state index contributed by atoms with van der Waals surface area (Å²) in [7, 11) is 1.60. The lowest BCUT2D eigenvalue weighted by molar-refractivity contribution is -0.142. The number of methoxy groups -OCH3 is 1. The van der Waals surface area contributed by atoms with Gasteiger partial charge in [0.2, 0.25) is 5.91 Å². The fourth-order valence-corrected chi connectivity index (χ4v) is 3.86. The summed E-state index contributed by atoms with van der Waals surface area (Å²) in [5, 5.41) is 2.90. The Morgan fingerprint density at radius 1 is 0.857 bits per heavy atom. The van der Waals surface area contributed by atoms with Crippen molar-refractivity contribution in [2.75, 3.05) is 20.3 Å². The van der Waals surface area contributed by atoms with Crippen molar-refractivity contribution >= 4 is 11.8 Å². The van der Waals surface area contributed by atoms with Crippen LogP contribution in [0.1, 0.15) is 30.5 Å². The normalized spacial score (nSPS) is 11.4. The number of ether oxygens (including phenoxy) is 2. The number of hydrogen-bond donors (Lipinski definition) is 1. The zero-order chi connectivity index (χ0) is 25.0. The van der Waals surface area contributed by atoms with Gasteiger partial charge < -0.3 is 19.7 Å². The first-order chi connectivity index (χ1) is 17.0. The number of carbonyl (C=O) groups excluding carboxylic acids is 2. The third kappa shape index (κ3) is 7.60. The van der Waals surface area contributed by atoms with Gasteiger partial charge in [0.15, 0.2) is 6.61 Å². The summed E-state index contributed by atoms with van der Waals surface area (Å²) in [6.45, 7) is 4.52. The van der Waals surface area contributed by atoms with E-state index in [0.29, 0.717) is 24.5 Å². The Balaban J connectivity index is 1.88. The van der Waals surface area contributed by atoms with E-state index >= 15 is 0 Å². The van der Waals surface area contributed by atoms with E-state index in [4.69, 9.17) is 9.47 Å². The number of nitrogens with zero attached hydrogens (tertiary/aromatic N) is 1. The number of carbonyl (C=O) groups is 2. The molecule has 6 nitrogen and oxygen atoms in total. The second kappa shape index (κ2) is 13.2. The second-order valence-corrected chi connectivity index (χ2v) is 8.26. The number of likely N-dealkylation sites (N-methyl/N-ethyl adjacent to an activating group) is 1. The van der Waals surface area contributed by atoms with E-state index in [1.54, 1.807) is 12.0 Å². The van der Waals surface area contributed by atoms with Crippen molar-refractivity contribution in [1.29, 1.82) is 0 Å². The zero-order valence-electron chi connectivity index (χ0n) is 20.7.